The van der Waals surface area contributed by atoms with E-state index < -0.39 is 17.6 Å². The molecule has 6 nitrogen and oxygen atoms in total. The van der Waals surface area contributed by atoms with Crippen LogP contribution in [0.1, 0.15) is 32.9 Å². The molecule has 0 aliphatic heterocycles. The minimum absolute atomic E-state index is 0.0682. The zero-order valence-corrected chi connectivity index (χ0v) is 16.9. The first kappa shape index (κ1) is 20.5. The van der Waals surface area contributed by atoms with Crippen molar-refractivity contribution < 1.29 is 18.0 Å². The molecule has 1 aromatic carbocycles. The molecule has 1 amide bonds. The van der Waals surface area contributed by atoms with Crippen LogP contribution in [0.25, 0.3) is 16.9 Å². The number of nitrogens with zero attached hydrogens (tertiary/aromatic N) is 4. The lowest BCUT2D eigenvalue weighted by molar-refractivity contribution is -0.137. The van der Waals surface area contributed by atoms with Gasteiger partial charge in [-0.1, -0.05) is 18.2 Å². The molecule has 4 aromatic rings. The summed E-state index contributed by atoms with van der Waals surface area (Å²) in [6, 6.07) is 8.47. The summed E-state index contributed by atoms with van der Waals surface area (Å²) in [6.45, 7) is 5.34. The average Bonchev–Trinajstić information content (AvgIpc) is 3.04. The number of nitrogens with one attached hydrogen (secondary N) is 1. The molecule has 0 atom stereocenters. The van der Waals surface area contributed by atoms with E-state index in [2.05, 4.69) is 20.4 Å². The number of fused-ring (bicyclic) bond motifs is 1. The quantitative estimate of drug-likeness (QED) is 0.502. The summed E-state index contributed by atoms with van der Waals surface area (Å²) in [5.74, 6) is -0.463. The number of rotatable bonds is 3. The Hall–Kier alpha value is -3.75. The molecule has 31 heavy (non-hydrogen) atoms. The highest BCUT2D eigenvalue weighted by atomic mass is 19.4. The number of aryl methyl sites for hydroxylation is 3. The number of alkyl halides is 3. The van der Waals surface area contributed by atoms with Crippen molar-refractivity contribution in [1.29, 1.82) is 0 Å². The molecule has 158 valence electrons. The van der Waals surface area contributed by atoms with E-state index in [0.717, 1.165) is 17.3 Å². The first-order valence-corrected chi connectivity index (χ1v) is 9.42. The first-order chi connectivity index (χ1) is 14.6. The van der Waals surface area contributed by atoms with Crippen molar-refractivity contribution in [3.63, 3.8) is 0 Å². The van der Waals surface area contributed by atoms with Crippen LogP contribution in [-0.2, 0) is 6.18 Å². The fraction of sp³-hybridized carbons (Fsp3) is 0.182. The van der Waals surface area contributed by atoms with Crippen LogP contribution >= 0.6 is 0 Å². The number of aromatic nitrogens is 4. The molecule has 0 bridgehead atoms. The SMILES string of the molecule is Cc1cc(C)c(NC(=O)c2c(C)nn3ccc(-c4ccccc4C(F)(F)F)nc23)cn1. The fourth-order valence-corrected chi connectivity index (χ4v) is 3.42. The number of halogens is 3. The molecule has 3 heterocycles. The Morgan fingerprint density at radius 3 is 2.55 bits per heavy atom. The zero-order chi connectivity index (χ0) is 22.3. The predicted molar refractivity (Wildman–Crippen MR) is 110 cm³/mol. The molecule has 3 aromatic heterocycles. The smallest absolute Gasteiger partial charge is 0.320 e. The van der Waals surface area contributed by atoms with Crippen LogP contribution in [0, 0.1) is 20.8 Å². The Morgan fingerprint density at radius 1 is 1.10 bits per heavy atom. The Labute approximate surface area is 175 Å². The summed E-state index contributed by atoms with van der Waals surface area (Å²) >= 11 is 0. The highest BCUT2D eigenvalue weighted by molar-refractivity contribution is 6.09. The lowest BCUT2D eigenvalue weighted by Crippen LogP contribution is -2.14. The summed E-state index contributed by atoms with van der Waals surface area (Å²) in [6.07, 6.45) is -1.48. The van der Waals surface area contributed by atoms with Crippen LogP contribution in [0.15, 0.2) is 48.8 Å². The van der Waals surface area contributed by atoms with Gasteiger partial charge in [-0.2, -0.15) is 18.3 Å². The van der Waals surface area contributed by atoms with E-state index in [-0.39, 0.29) is 22.5 Å². The van der Waals surface area contributed by atoms with Crippen LogP contribution in [-0.4, -0.2) is 25.5 Å². The molecule has 0 fully saturated rings. The van der Waals surface area contributed by atoms with Crippen molar-refractivity contribution in [2.75, 3.05) is 5.32 Å². The lowest BCUT2D eigenvalue weighted by Gasteiger charge is -2.12. The summed E-state index contributed by atoms with van der Waals surface area (Å²) in [5, 5.41) is 7.07. The number of amides is 1. The predicted octanol–water partition coefficient (Wildman–Crippen LogP) is 4.99. The Morgan fingerprint density at radius 2 is 1.84 bits per heavy atom. The molecular weight excluding hydrogens is 407 g/mol. The molecule has 9 heteroatoms. The van der Waals surface area contributed by atoms with Crippen molar-refractivity contribution in [3.05, 3.63) is 76.9 Å². The molecule has 0 saturated heterocycles. The molecular formula is C22H18F3N5O. The Bertz CT molecular complexity index is 1310. The summed E-state index contributed by atoms with van der Waals surface area (Å²) in [5.41, 5.74) is 2.18. The average molecular weight is 425 g/mol. The third-order valence-corrected chi connectivity index (χ3v) is 4.89. The first-order valence-electron chi connectivity index (χ1n) is 9.42. The number of anilines is 1. The van der Waals surface area contributed by atoms with E-state index in [1.807, 2.05) is 19.9 Å². The number of benzene rings is 1. The van der Waals surface area contributed by atoms with Crippen molar-refractivity contribution in [2.45, 2.75) is 26.9 Å². The van der Waals surface area contributed by atoms with E-state index in [0.29, 0.717) is 11.4 Å². The van der Waals surface area contributed by atoms with Crippen molar-refractivity contribution in [3.8, 4) is 11.3 Å². The maximum atomic E-state index is 13.5. The number of hydrogen-bond acceptors (Lipinski definition) is 4. The maximum absolute atomic E-state index is 13.5. The summed E-state index contributed by atoms with van der Waals surface area (Å²) in [7, 11) is 0. The third-order valence-electron chi connectivity index (χ3n) is 4.89. The highest BCUT2D eigenvalue weighted by Crippen LogP contribution is 2.36. The molecule has 0 radical (unpaired) electrons. The second-order valence-corrected chi connectivity index (χ2v) is 7.18. The molecule has 0 unspecified atom stereocenters. The van der Waals surface area contributed by atoms with Gasteiger partial charge >= 0.3 is 6.18 Å². The van der Waals surface area contributed by atoms with Gasteiger partial charge in [0.1, 0.15) is 5.56 Å². The molecule has 0 saturated carbocycles. The molecule has 0 spiro atoms. The Balaban J connectivity index is 1.80. The normalized spacial score (nSPS) is 11.7. The zero-order valence-electron chi connectivity index (χ0n) is 16.9. The molecule has 0 aliphatic carbocycles. The fourth-order valence-electron chi connectivity index (χ4n) is 3.42. The van der Waals surface area contributed by atoms with Gasteiger partial charge in [-0.25, -0.2) is 9.50 Å². The summed E-state index contributed by atoms with van der Waals surface area (Å²) in [4.78, 5) is 21.6. The second-order valence-electron chi connectivity index (χ2n) is 7.18. The monoisotopic (exact) mass is 425 g/mol. The highest BCUT2D eigenvalue weighted by Gasteiger charge is 2.33. The van der Waals surface area contributed by atoms with Crippen LogP contribution in [0.2, 0.25) is 0 Å². The molecule has 4 rings (SSSR count). The third kappa shape index (κ3) is 3.86. The van der Waals surface area contributed by atoms with Crippen LogP contribution in [0.3, 0.4) is 0 Å². The van der Waals surface area contributed by atoms with Crippen LogP contribution < -0.4 is 5.32 Å². The van der Waals surface area contributed by atoms with Gasteiger partial charge in [0.2, 0.25) is 0 Å². The Kier molecular flexibility index (Phi) is 4.96. The van der Waals surface area contributed by atoms with Gasteiger partial charge in [0.05, 0.1) is 28.8 Å². The van der Waals surface area contributed by atoms with Gasteiger partial charge < -0.3 is 5.32 Å². The lowest BCUT2D eigenvalue weighted by atomic mass is 10.0. The van der Waals surface area contributed by atoms with Gasteiger partial charge in [0.25, 0.3) is 5.91 Å². The van der Waals surface area contributed by atoms with E-state index in [1.54, 1.807) is 13.1 Å². The van der Waals surface area contributed by atoms with E-state index in [9.17, 15) is 18.0 Å². The maximum Gasteiger partial charge on any atom is 0.417 e. The molecule has 1 N–H and O–H groups in total. The van der Waals surface area contributed by atoms with Crippen molar-refractivity contribution in [1.82, 2.24) is 19.6 Å². The minimum Gasteiger partial charge on any atom is -0.320 e. The van der Waals surface area contributed by atoms with Gasteiger partial charge in [-0.3, -0.25) is 9.78 Å². The second kappa shape index (κ2) is 7.50. The van der Waals surface area contributed by atoms with Crippen molar-refractivity contribution in [2.24, 2.45) is 0 Å². The number of carbonyl (C=O) groups is 1. The van der Waals surface area contributed by atoms with Crippen LogP contribution in [0.4, 0.5) is 18.9 Å². The summed E-state index contributed by atoms with van der Waals surface area (Å²) < 4.78 is 41.7. The van der Waals surface area contributed by atoms with Gasteiger partial charge in [-0.05, 0) is 44.5 Å². The minimum atomic E-state index is -4.53. The number of hydrogen-bond donors (Lipinski definition) is 1. The molecule has 0 aliphatic rings. The number of pyridine rings is 1. The van der Waals surface area contributed by atoms with Crippen LogP contribution in [0.5, 0.6) is 0 Å². The van der Waals surface area contributed by atoms with Gasteiger partial charge in [0, 0.05) is 17.5 Å². The number of carbonyl (C=O) groups excluding carboxylic acids is 1. The van der Waals surface area contributed by atoms with E-state index >= 15 is 0 Å². The standard InChI is InChI=1S/C22H18F3N5O/c1-12-10-13(2)26-11-18(12)28-21(31)19-14(3)29-30-9-8-17(27-20(19)30)15-6-4-5-7-16(15)22(23,24)25/h4-11H,1-3H3,(H,28,31). The van der Waals surface area contributed by atoms with Gasteiger partial charge in [-0.15, -0.1) is 0 Å². The topological polar surface area (TPSA) is 72.2 Å². The van der Waals surface area contributed by atoms with Gasteiger partial charge in [0.15, 0.2) is 5.65 Å². The van der Waals surface area contributed by atoms with E-state index in [1.165, 1.54) is 35.0 Å². The largest absolute Gasteiger partial charge is 0.417 e. The van der Waals surface area contributed by atoms with Crippen molar-refractivity contribution >= 4 is 17.2 Å². The van der Waals surface area contributed by atoms with E-state index in [4.69, 9.17) is 0 Å².